The van der Waals surface area contributed by atoms with Gasteiger partial charge < -0.3 is 11.1 Å². The van der Waals surface area contributed by atoms with Gasteiger partial charge in [0.25, 0.3) is 0 Å². The summed E-state index contributed by atoms with van der Waals surface area (Å²) >= 11 is 0.925. The van der Waals surface area contributed by atoms with Crippen LogP contribution in [0.5, 0.6) is 0 Å². The van der Waals surface area contributed by atoms with Crippen molar-refractivity contribution in [3.05, 3.63) is 16.1 Å². The van der Waals surface area contributed by atoms with Crippen LogP contribution in [0.4, 0.5) is 13.2 Å². The molecule has 0 aliphatic rings. The van der Waals surface area contributed by atoms with E-state index in [4.69, 9.17) is 5.73 Å². The fourth-order valence-corrected chi connectivity index (χ4v) is 1.84. The number of unbranched alkanes of at least 4 members (excludes halogenated alkanes) is 1. The summed E-state index contributed by atoms with van der Waals surface area (Å²) in [6, 6.07) is 0. The van der Waals surface area contributed by atoms with Gasteiger partial charge >= 0.3 is 6.18 Å². The molecule has 1 rings (SSSR count). The smallest absolute Gasteiger partial charge is 0.370 e. The van der Waals surface area contributed by atoms with Crippen LogP contribution in [-0.2, 0) is 12.7 Å². The second kappa shape index (κ2) is 8.56. The Balaban J connectivity index is 0.00000324. The monoisotopic (exact) mass is 408 g/mol. The Hall–Kier alpha value is -0.580. The number of alkyl halides is 3. The Morgan fingerprint density at radius 1 is 1.53 bits per heavy atom. The van der Waals surface area contributed by atoms with Gasteiger partial charge in [-0.15, -0.1) is 35.3 Å². The number of nitrogens with two attached hydrogens (primary N) is 1. The minimum absolute atomic E-state index is 0. The Morgan fingerprint density at radius 3 is 2.74 bits per heavy atom. The fraction of sp³-hybridized carbons (Fsp3) is 0.600. The van der Waals surface area contributed by atoms with E-state index in [1.807, 2.05) is 6.92 Å². The number of nitrogens with one attached hydrogen (secondary N) is 1. The topological polar surface area (TPSA) is 63.3 Å². The van der Waals surface area contributed by atoms with E-state index < -0.39 is 11.9 Å². The van der Waals surface area contributed by atoms with Gasteiger partial charge in [0.2, 0.25) is 0 Å². The maximum absolute atomic E-state index is 12.3. The summed E-state index contributed by atoms with van der Waals surface area (Å²) in [7, 11) is 0. The first-order valence-corrected chi connectivity index (χ1v) is 6.37. The molecular weight excluding hydrogens is 392 g/mol. The SMILES string of the molecule is CCCCNC(N)=NCc1nc(C(F)(F)F)cs1.I. The number of aromatic nitrogens is 1. The third-order valence-electron chi connectivity index (χ3n) is 2.06. The number of hydrogen-bond donors (Lipinski definition) is 2. The molecule has 0 atom stereocenters. The molecule has 0 aliphatic carbocycles. The van der Waals surface area contributed by atoms with Crippen molar-refractivity contribution < 1.29 is 13.2 Å². The number of guanidine groups is 1. The Bertz CT molecular complexity index is 406. The first kappa shape index (κ1) is 18.4. The van der Waals surface area contributed by atoms with Crippen LogP contribution in [0.3, 0.4) is 0 Å². The van der Waals surface area contributed by atoms with E-state index in [1.54, 1.807) is 0 Å². The van der Waals surface area contributed by atoms with Gasteiger partial charge in [-0.1, -0.05) is 13.3 Å². The van der Waals surface area contributed by atoms with Crippen molar-refractivity contribution in [3.63, 3.8) is 0 Å². The standard InChI is InChI=1S/C10H15F3N4S.HI/c1-2-3-4-15-9(14)16-5-8-17-7(6-18-8)10(11,12)13;/h6H,2-5H2,1H3,(H3,14,15,16);1H. The van der Waals surface area contributed by atoms with Gasteiger partial charge in [0.15, 0.2) is 11.7 Å². The number of halogens is 4. The molecule has 0 saturated heterocycles. The molecule has 0 aromatic carbocycles. The van der Waals surface area contributed by atoms with Crippen molar-refractivity contribution in [3.8, 4) is 0 Å². The van der Waals surface area contributed by atoms with Crippen LogP contribution in [0.25, 0.3) is 0 Å². The highest BCUT2D eigenvalue weighted by Gasteiger charge is 2.33. The lowest BCUT2D eigenvalue weighted by Crippen LogP contribution is -2.32. The number of nitrogens with zero attached hydrogens (tertiary/aromatic N) is 2. The summed E-state index contributed by atoms with van der Waals surface area (Å²) in [5.41, 5.74) is 4.67. The molecule has 0 bridgehead atoms. The van der Waals surface area contributed by atoms with Gasteiger partial charge in [0, 0.05) is 11.9 Å². The zero-order valence-electron chi connectivity index (χ0n) is 10.3. The van der Waals surface area contributed by atoms with Crippen molar-refractivity contribution in [1.82, 2.24) is 10.3 Å². The predicted molar refractivity (Wildman–Crippen MR) is 80.8 cm³/mol. The van der Waals surface area contributed by atoms with Crippen molar-refractivity contribution in [2.24, 2.45) is 10.7 Å². The average molecular weight is 408 g/mol. The van der Waals surface area contributed by atoms with Crippen molar-refractivity contribution in [1.29, 1.82) is 0 Å². The molecule has 0 amide bonds. The maximum atomic E-state index is 12.3. The lowest BCUT2D eigenvalue weighted by Gasteiger charge is -2.03. The van der Waals surface area contributed by atoms with Crippen LogP contribution >= 0.6 is 35.3 Å². The van der Waals surface area contributed by atoms with E-state index in [2.05, 4.69) is 15.3 Å². The molecule has 0 radical (unpaired) electrons. The molecule has 0 unspecified atom stereocenters. The molecule has 0 spiro atoms. The fourth-order valence-electron chi connectivity index (χ4n) is 1.12. The summed E-state index contributed by atoms with van der Waals surface area (Å²) in [6.45, 7) is 2.81. The first-order valence-electron chi connectivity index (χ1n) is 5.49. The van der Waals surface area contributed by atoms with E-state index in [0.29, 0.717) is 11.6 Å². The summed E-state index contributed by atoms with van der Waals surface area (Å²) in [5, 5.41) is 4.15. The quantitative estimate of drug-likeness (QED) is 0.341. The van der Waals surface area contributed by atoms with Gasteiger partial charge in [-0.05, 0) is 6.42 Å². The molecular formula is C10H16F3IN4S. The Morgan fingerprint density at radius 2 is 2.21 bits per heavy atom. The zero-order valence-corrected chi connectivity index (χ0v) is 13.5. The summed E-state index contributed by atoms with van der Waals surface area (Å²) in [4.78, 5) is 7.38. The molecule has 3 N–H and O–H groups in total. The van der Waals surface area contributed by atoms with E-state index in [-0.39, 0.29) is 36.5 Å². The number of thiazole rings is 1. The molecule has 0 fully saturated rings. The zero-order chi connectivity index (χ0) is 13.6. The van der Waals surface area contributed by atoms with Crippen molar-refractivity contribution in [2.75, 3.05) is 6.54 Å². The first-order chi connectivity index (χ1) is 8.43. The van der Waals surface area contributed by atoms with Gasteiger partial charge in [-0.25, -0.2) is 9.98 Å². The van der Waals surface area contributed by atoms with Crippen LogP contribution < -0.4 is 11.1 Å². The lowest BCUT2D eigenvalue weighted by atomic mass is 10.3. The molecule has 1 aromatic rings. The number of aliphatic imine (C=N–C) groups is 1. The van der Waals surface area contributed by atoms with Gasteiger partial charge in [0.05, 0.1) is 6.54 Å². The van der Waals surface area contributed by atoms with Gasteiger partial charge in [-0.2, -0.15) is 13.2 Å². The van der Waals surface area contributed by atoms with Crippen molar-refractivity contribution >= 4 is 41.3 Å². The van der Waals surface area contributed by atoms with Crippen LogP contribution in [0.15, 0.2) is 10.4 Å². The van der Waals surface area contributed by atoms with Gasteiger partial charge in [-0.3, -0.25) is 0 Å². The average Bonchev–Trinajstić information content (AvgIpc) is 2.75. The second-order valence-electron chi connectivity index (χ2n) is 3.61. The minimum atomic E-state index is -4.40. The third-order valence-corrected chi connectivity index (χ3v) is 2.90. The summed E-state index contributed by atoms with van der Waals surface area (Å²) in [6.07, 6.45) is -2.41. The molecule has 0 aliphatic heterocycles. The molecule has 0 saturated carbocycles. The number of rotatable bonds is 5. The van der Waals surface area contributed by atoms with E-state index >= 15 is 0 Å². The highest BCUT2D eigenvalue weighted by Crippen LogP contribution is 2.30. The van der Waals surface area contributed by atoms with E-state index in [1.165, 1.54) is 0 Å². The van der Waals surface area contributed by atoms with Crippen LogP contribution in [-0.4, -0.2) is 17.5 Å². The second-order valence-corrected chi connectivity index (χ2v) is 4.55. The summed E-state index contributed by atoms with van der Waals surface area (Å²) < 4.78 is 36.8. The van der Waals surface area contributed by atoms with Gasteiger partial charge in [0.1, 0.15) is 5.01 Å². The maximum Gasteiger partial charge on any atom is 0.434 e. The van der Waals surface area contributed by atoms with Crippen molar-refractivity contribution in [2.45, 2.75) is 32.5 Å². The predicted octanol–water partition coefficient (Wildman–Crippen LogP) is 2.98. The molecule has 1 heterocycles. The highest BCUT2D eigenvalue weighted by molar-refractivity contribution is 14.0. The lowest BCUT2D eigenvalue weighted by molar-refractivity contribution is -0.140. The van der Waals surface area contributed by atoms with Crippen LogP contribution in [0.2, 0.25) is 0 Å². The summed E-state index contributed by atoms with van der Waals surface area (Å²) in [5.74, 6) is 0.229. The van der Waals surface area contributed by atoms with E-state index in [0.717, 1.165) is 29.6 Å². The van der Waals surface area contributed by atoms with E-state index in [9.17, 15) is 13.2 Å². The third kappa shape index (κ3) is 6.95. The number of hydrogen-bond acceptors (Lipinski definition) is 3. The largest absolute Gasteiger partial charge is 0.434 e. The van der Waals surface area contributed by atoms with Crippen LogP contribution in [0, 0.1) is 0 Å². The Labute approximate surface area is 130 Å². The molecule has 19 heavy (non-hydrogen) atoms. The van der Waals surface area contributed by atoms with Crippen LogP contribution in [0.1, 0.15) is 30.5 Å². The molecule has 110 valence electrons. The minimum Gasteiger partial charge on any atom is -0.370 e. The Kier molecular flexibility index (Phi) is 8.30. The molecule has 9 heteroatoms. The molecule has 1 aromatic heterocycles. The normalized spacial score (nSPS) is 12.1. The molecule has 4 nitrogen and oxygen atoms in total. The highest BCUT2D eigenvalue weighted by atomic mass is 127.